The molecule has 0 bridgehead atoms. The summed E-state index contributed by atoms with van der Waals surface area (Å²) in [4.78, 5) is 16.7. The second kappa shape index (κ2) is 7.96. The van der Waals surface area contributed by atoms with Crippen molar-refractivity contribution in [1.29, 1.82) is 0 Å². The van der Waals surface area contributed by atoms with Crippen molar-refractivity contribution in [2.24, 2.45) is 12.5 Å². The second-order valence-corrected chi connectivity index (χ2v) is 11.7. The average Bonchev–Trinajstić information content (AvgIpc) is 3.42. The van der Waals surface area contributed by atoms with E-state index >= 15 is 0 Å². The number of benzene rings is 1. The highest BCUT2D eigenvalue weighted by Gasteiger charge is 2.50. The van der Waals surface area contributed by atoms with Gasteiger partial charge in [0.1, 0.15) is 12.1 Å². The summed E-state index contributed by atoms with van der Waals surface area (Å²) in [5.41, 5.74) is 2.81. The number of allylic oxidation sites excluding steroid dienone is 1. The smallest absolute Gasteiger partial charge is 0.262 e. The van der Waals surface area contributed by atoms with E-state index in [2.05, 4.69) is 10.1 Å². The summed E-state index contributed by atoms with van der Waals surface area (Å²) in [5, 5.41) is 4.57. The third-order valence-electron chi connectivity index (χ3n) is 7.48. The van der Waals surface area contributed by atoms with Crippen molar-refractivity contribution in [1.82, 2.24) is 23.6 Å². The van der Waals surface area contributed by atoms with E-state index < -0.39 is 15.4 Å². The third-order valence-corrected chi connectivity index (χ3v) is 9.37. The second-order valence-electron chi connectivity index (χ2n) is 9.90. The van der Waals surface area contributed by atoms with Crippen LogP contribution >= 0.6 is 0 Å². The number of fused-ring (bicyclic) bond motifs is 2. The number of aromatic nitrogens is 4. The molecular formula is C25H26FN5O3S. The van der Waals surface area contributed by atoms with Crippen LogP contribution in [0.5, 0.6) is 0 Å². The molecule has 6 rings (SSSR count). The summed E-state index contributed by atoms with van der Waals surface area (Å²) >= 11 is 0. The number of aryl methyl sites for hydroxylation is 1. The third kappa shape index (κ3) is 3.66. The number of carbonyl (C=O) groups is 1. The number of halogens is 1. The van der Waals surface area contributed by atoms with E-state index in [-0.39, 0.29) is 22.9 Å². The molecule has 35 heavy (non-hydrogen) atoms. The lowest BCUT2D eigenvalue weighted by molar-refractivity contribution is -0.116. The fourth-order valence-electron chi connectivity index (χ4n) is 5.63. The van der Waals surface area contributed by atoms with E-state index in [0.717, 1.165) is 41.6 Å². The van der Waals surface area contributed by atoms with Crippen molar-refractivity contribution in [3.8, 4) is 5.69 Å². The van der Waals surface area contributed by atoms with E-state index in [4.69, 9.17) is 0 Å². The van der Waals surface area contributed by atoms with Crippen molar-refractivity contribution in [2.75, 3.05) is 0 Å². The largest absolute Gasteiger partial charge is 0.339 e. The first kappa shape index (κ1) is 22.4. The van der Waals surface area contributed by atoms with Crippen molar-refractivity contribution < 1.29 is 17.6 Å². The van der Waals surface area contributed by atoms with Crippen molar-refractivity contribution >= 4 is 22.4 Å². The van der Waals surface area contributed by atoms with Gasteiger partial charge in [-0.2, -0.15) is 9.40 Å². The van der Waals surface area contributed by atoms with Crippen LogP contribution in [0, 0.1) is 11.2 Å². The molecule has 0 radical (unpaired) electrons. The van der Waals surface area contributed by atoms with E-state index in [1.54, 1.807) is 38.9 Å². The van der Waals surface area contributed by atoms with Gasteiger partial charge in [0.05, 0.1) is 29.3 Å². The van der Waals surface area contributed by atoms with Crippen LogP contribution < -0.4 is 0 Å². The lowest BCUT2D eigenvalue weighted by atomic mass is 9.64. The fraction of sp³-hybridized carbons (Fsp3) is 0.400. The van der Waals surface area contributed by atoms with Gasteiger partial charge >= 0.3 is 0 Å². The normalized spacial score (nSPS) is 24.1. The standard InChI is InChI=1S/C25H26FN5O3S/c1-29-14-24(27-16-29)35(33,34)31(21-8-9-21)22-5-2-18-10-23-17(11-25(18,12-22)15-32)13-28-30(23)20-6-3-19(26)4-7-20/h3-4,6-7,10,13-16,21-22H,2,5,8-9,11-12H2,1H3/t22-,25+/m0/s1. The fourth-order valence-corrected chi connectivity index (χ4v) is 7.51. The summed E-state index contributed by atoms with van der Waals surface area (Å²) in [6, 6.07) is 5.83. The molecular weight excluding hydrogens is 469 g/mol. The van der Waals surface area contributed by atoms with Crippen LogP contribution in [0.2, 0.25) is 0 Å². The van der Waals surface area contributed by atoms with Gasteiger partial charge in [-0.3, -0.25) is 0 Å². The highest BCUT2D eigenvalue weighted by molar-refractivity contribution is 7.89. The van der Waals surface area contributed by atoms with E-state index in [0.29, 0.717) is 25.7 Å². The number of hydrogen-bond donors (Lipinski definition) is 0. The summed E-state index contributed by atoms with van der Waals surface area (Å²) in [7, 11) is -2.02. The summed E-state index contributed by atoms with van der Waals surface area (Å²) in [5.74, 6) is -0.313. The van der Waals surface area contributed by atoms with Crippen LogP contribution in [0.1, 0.15) is 43.4 Å². The van der Waals surface area contributed by atoms with Gasteiger partial charge in [0.2, 0.25) is 0 Å². The highest BCUT2D eigenvalue weighted by Crippen LogP contribution is 2.50. The Morgan fingerprint density at radius 2 is 1.94 bits per heavy atom. The number of hydrogen-bond acceptors (Lipinski definition) is 5. The predicted molar refractivity (Wildman–Crippen MR) is 127 cm³/mol. The zero-order chi connectivity index (χ0) is 24.4. The molecule has 3 aromatic rings. The molecule has 182 valence electrons. The van der Waals surface area contributed by atoms with Crippen molar-refractivity contribution in [3.63, 3.8) is 0 Å². The molecule has 0 saturated heterocycles. The van der Waals surface area contributed by atoms with Gasteiger partial charge in [-0.15, -0.1) is 0 Å². The molecule has 10 heteroatoms. The zero-order valence-corrected chi connectivity index (χ0v) is 20.2. The Morgan fingerprint density at radius 3 is 2.60 bits per heavy atom. The van der Waals surface area contributed by atoms with Gasteiger partial charge in [0.15, 0.2) is 5.03 Å². The molecule has 1 aromatic carbocycles. The number of rotatable bonds is 6. The molecule has 2 saturated carbocycles. The van der Waals surface area contributed by atoms with Crippen LogP contribution in [0.15, 0.2) is 53.6 Å². The van der Waals surface area contributed by atoms with E-state index in [9.17, 15) is 17.6 Å². The minimum atomic E-state index is -3.77. The monoisotopic (exact) mass is 495 g/mol. The maximum Gasteiger partial charge on any atom is 0.262 e. The predicted octanol–water partition coefficient (Wildman–Crippen LogP) is 3.28. The lowest BCUT2D eigenvalue weighted by Crippen LogP contribution is -2.49. The number of aldehydes is 1. The highest BCUT2D eigenvalue weighted by atomic mass is 32.2. The van der Waals surface area contributed by atoms with Gasteiger partial charge in [0.25, 0.3) is 10.0 Å². The molecule has 0 amide bonds. The molecule has 0 unspecified atom stereocenters. The molecule has 2 fully saturated rings. The van der Waals surface area contributed by atoms with E-state index in [1.165, 1.54) is 24.7 Å². The quantitative estimate of drug-likeness (QED) is 0.490. The van der Waals surface area contributed by atoms with Crippen LogP contribution in [-0.4, -0.2) is 50.4 Å². The van der Waals surface area contributed by atoms with Gasteiger partial charge in [-0.25, -0.2) is 22.5 Å². The van der Waals surface area contributed by atoms with E-state index in [1.807, 2.05) is 6.08 Å². The Hall–Kier alpha value is -3.11. The Balaban J connectivity index is 1.34. The Labute approximate surface area is 203 Å². The van der Waals surface area contributed by atoms with Crippen molar-refractivity contribution in [3.05, 3.63) is 65.6 Å². The summed E-state index contributed by atoms with van der Waals surface area (Å²) < 4.78 is 45.6. The Bertz CT molecular complexity index is 1440. The lowest BCUT2D eigenvalue weighted by Gasteiger charge is -2.44. The van der Waals surface area contributed by atoms with Crippen LogP contribution in [0.4, 0.5) is 4.39 Å². The molecule has 2 heterocycles. The first-order chi connectivity index (χ1) is 16.8. The first-order valence-corrected chi connectivity index (χ1v) is 13.3. The molecule has 0 spiro atoms. The van der Waals surface area contributed by atoms with Crippen LogP contribution in [0.25, 0.3) is 11.8 Å². The maximum absolute atomic E-state index is 13.6. The van der Waals surface area contributed by atoms with Gasteiger partial charge < -0.3 is 9.36 Å². The number of imidazole rings is 1. The van der Waals surface area contributed by atoms with Crippen molar-refractivity contribution in [2.45, 2.75) is 55.6 Å². The molecule has 2 atom stereocenters. The maximum atomic E-state index is 13.6. The number of sulfonamides is 1. The minimum absolute atomic E-state index is 0.0402. The molecule has 0 aliphatic heterocycles. The molecule has 8 nitrogen and oxygen atoms in total. The van der Waals surface area contributed by atoms with Gasteiger partial charge in [-0.1, -0.05) is 5.57 Å². The summed E-state index contributed by atoms with van der Waals surface area (Å²) in [6.45, 7) is 0. The zero-order valence-electron chi connectivity index (χ0n) is 19.3. The van der Waals surface area contributed by atoms with Gasteiger partial charge in [-0.05, 0) is 74.4 Å². The molecule has 0 N–H and O–H groups in total. The molecule has 3 aliphatic carbocycles. The Morgan fingerprint density at radius 1 is 1.17 bits per heavy atom. The topological polar surface area (TPSA) is 90.1 Å². The van der Waals surface area contributed by atoms with Crippen LogP contribution in [-0.2, 0) is 28.3 Å². The minimum Gasteiger partial charge on any atom is -0.339 e. The first-order valence-electron chi connectivity index (χ1n) is 11.8. The molecule has 3 aliphatic rings. The SMILES string of the molecule is Cn1cnc(S(=O)(=O)N(C2CC2)[C@H]2CCC3=Cc4c(cnn4-c4ccc(F)cc4)C[C@]3(C=O)C2)c1. The molecule has 2 aromatic heterocycles. The number of carbonyl (C=O) groups excluding carboxylic acids is 1. The summed E-state index contributed by atoms with van der Waals surface area (Å²) in [6.07, 6.45) is 11.6. The average molecular weight is 496 g/mol. The Kier molecular flexibility index (Phi) is 5.08. The number of nitrogens with zero attached hydrogens (tertiary/aromatic N) is 5. The van der Waals surface area contributed by atoms with Gasteiger partial charge in [0, 0.05) is 25.3 Å². The van der Waals surface area contributed by atoms with Crippen LogP contribution in [0.3, 0.4) is 0 Å².